The number of rotatable bonds is 10. The molecule has 11 heteroatoms. The summed E-state index contributed by atoms with van der Waals surface area (Å²) in [4.78, 5) is 36.3. The lowest BCUT2D eigenvalue weighted by atomic mass is 10.1. The van der Waals surface area contributed by atoms with Gasteiger partial charge in [-0.3, -0.25) is 9.10 Å². The van der Waals surface area contributed by atoms with Crippen LogP contribution in [0.2, 0.25) is 0 Å². The number of esters is 2. The number of carbonyl (C=O) groups excluding carboxylic acids is 3. The highest BCUT2D eigenvalue weighted by Crippen LogP contribution is 2.23. The van der Waals surface area contributed by atoms with Gasteiger partial charge in [0.25, 0.3) is 0 Å². The van der Waals surface area contributed by atoms with Crippen LogP contribution in [-0.2, 0) is 24.3 Å². The molecule has 33 heavy (non-hydrogen) atoms. The van der Waals surface area contributed by atoms with Crippen LogP contribution in [0.3, 0.4) is 0 Å². The number of hydrogen-bond donors (Lipinski definition) is 1. The first kappa shape index (κ1) is 25.7. The van der Waals surface area contributed by atoms with E-state index in [0.29, 0.717) is 11.4 Å². The Labute approximate surface area is 192 Å². The topological polar surface area (TPSA) is 128 Å². The molecule has 0 aliphatic rings. The summed E-state index contributed by atoms with van der Waals surface area (Å²) in [5, 5.41) is 2.58. The molecular formula is C22H26N2O8S. The zero-order chi connectivity index (χ0) is 24.6. The van der Waals surface area contributed by atoms with Crippen molar-refractivity contribution in [1.29, 1.82) is 0 Å². The van der Waals surface area contributed by atoms with Crippen molar-refractivity contribution in [3.05, 3.63) is 53.6 Å². The van der Waals surface area contributed by atoms with Crippen molar-refractivity contribution in [2.45, 2.75) is 12.8 Å². The van der Waals surface area contributed by atoms with E-state index in [0.717, 1.165) is 6.26 Å². The Hall–Kier alpha value is -3.60. The highest BCUT2D eigenvalue weighted by Gasteiger charge is 2.20. The average Bonchev–Trinajstić information content (AvgIpc) is 2.80. The second-order valence-electron chi connectivity index (χ2n) is 6.93. The number of amides is 1. The van der Waals surface area contributed by atoms with Gasteiger partial charge in [0.2, 0.25) is 15.9 Å². The number of benzene rings is 2. The Bertz CT molecular complexity index is 1110. The molecule has 0 radical (unpaired) electrons. The van der Waals surface area contributed by atoms with Gasteiger partial charge in [0.05, 0.1) is 50.1 Å². The van der Waals surface area contributed by atoms with Crippen LogP contribution in [0.15, 0.2) is 42.5 Å². The largest absolute Gasteiger partial charge is 0.497 e. The molecule has 0 spiro atoms. The third-order valence-electron chi connectivity index (χ3n) is 4.65. The first-order valence-electron chi connectivity index (χ1n) is 9.83. The van der Waals surface area contributed by atoms with Crippen LogP contribution < -0.4 is 14.4 Å². The number of hydrogen-bond acceptors (Lipinski definition) is 8. The van der Waals surface area contributed by atoms with Gasteiger partial charge in [0.15, 0.2) is 0 Å². The zero-order valence-electron chi connectivity index (χ0n) is 18.8. The quantitative estimate of drug-likeness (QED) is 0.516. The first-order chi connectivity index (χ1) is 15.6. The maximum absolute atomic E-state index is 12.5. The number of anilines is 2. The SMILES string of the molecule is COC(=O)c1ccc(C(=O)OC)c(NC(=O)CCCN(c2ccc(OC)cc2)S(C)(=O)=O)c1. The normalized spacial score (nSPS) is 10.8. The predicted octanol–water partition coefficient (Wildman–Crippen LogP) is 2.45. The number of methoxy groups -OCH3 is 3. The highest BCUT2D eigenvalue weighted by molar-refractivity contribution is 7.92. The number of sulfonamides is 1. The van der Waals surface area contributed by atoms with E-state index in [1.807, 2.05) is 0 Å². The van der Waals surface area contributed by atoms with Crippen molar-refractivity contribution in [3.63, 3.8) is 0 Å². The summed E-state index contributed by atoms with van der Waals surface area (Å²) < 4.78 is 40.1. The van der Waals surface area contributed by atoms with Gasteiger partial charge < -0.3 is 19.5 Å². The molecule has 1 amide bonds. The standard InChI is InChI=1S/C22H26N2O8S/c1-30-17-10-8-16(9-11-17)24(33(4,28)29)13-5-6-20(25)23-19-14-15(21(26)31-2)7-12-18(19)22(27)32-3/h7-12,14H,5-6,13H2,1-4H3,(H,23,25). The Balaban J connectivity index is 2.11. The van der Waals surface area contributed by atoms with Crippen LogP contribution in [-0.4, -0.2) is 60.4 Å². The molecule has 0 atom stereocenters. The van der Waals surface area contributed by atoms with Crippen LogP contribution >= 0.6 is 0 Å². The molecule has 2 rings (SSSR count). The Morgan fingerprint density at radius 3 is 2.12 bits per heavy atom. The van der Waals surface area contributed by atoms with Gasteiger partial charge in [-0.1, -0.05) is 0 Å². The van der Waals surface area contributed by atoms with Gasteiger partial charge in [-0.05, 0) is 48.9 Å². The third kappa shape index (κ3) is 6.94. The summed E-state index contributed by atoms with van der Waals surface area (Å²) in [7, 11) is 0.332. The van der Waals surface area contributed by atoms with Crippen LogP contribution in [0.25, 0.3) is 0 Å². The number of ether oxygens (including phenoxy) is 3. The summed E-state index contributed by atoms with van der Waals surface area (Å²) in [5.74, 6) is -1.21. The fraction of sp³-hybridized carbons (Fsp3) is 0.318. The van der Waals surface area contributed by atoms with Gasteiger partial charge in [-0.2, -0.15) is 0 Å². The minimum Gasteiger partial charge on any atom is -0.497 e. The molecular weight excluding hydrogens is 452 g/mol. The molecule has 2 aromatic carbocycles. The summed E-state index contributed by atoms with van der Waals surface area (Å²) >= 11 is 0. The fourth-order valence-corrected chi connectivity index (χ4v) is 3.98. The molecule has 1 N–H and O–H groups in total. The molecule has 10 nitrogen and oxygen atoms in total. The molecule has 0 bridgehead atoms. The fourth-order valence-electron chi connectivity index (χ4n) is 3.01. The lowest BCUT2D eigenvalue weighted by Crippen LogP contribution is -2.31. The Morgan fingerprint density at radius 2 is 1.58 bits per heavy atom. The minimum absolute atomic E-state index is 0.0365. The summed E-state index contributed by atoms with van der Waals surface area (Å²) in [6, 6.07) is 10.6. The van der Waals surface area contributed by atoms with Crippen molar-refractivity contribution in [3.8, 4) is 5.75 Å². The molecule has 0 unspecified atom stereocenters. The van der Waals surface area contributed by atoms with E-state index in [1.165, 1.54) is 43.8 Å². The van der Waals surface area contributed by atoms with Crippen molar-refractivity contribution in [1.82, 2.24) is 0 Å². The smallest absolute Gasteiger partial charge is 0.339 e. The molecule has 0 saturated heterocycles. The van der Waals surface area contributed by atoms with E-state index in [1.54, 1.807) is 24.3 Å². The number of nitrogens with zero attached hydrogens (tertiary/aromatic N) is 1. The molecule has 0 aromatic heterocycles. The zero-order valence-corrected chi connectivity index (χ0v) is 19.6. The molecule has 0 aliphatic heterocycles. The summed E-state index contributed by atoms with van der Waals surface area (Å²) in [5.41, 5.74) is 0.736. The van der Waals surface area contributed by atoms with E-state index in [-0.39, 0.29) is 36.2 Å². The monoisotopic (exact) mass is 478 g/mol. The van der Waals surface area contributed by atoms with Gasteiger partial charge >= 0.3 is 11.9 Å². The third-order valence-corrected chi connectivity index (χ3v) is 5.84. The Morgan fingerprint density at radius 1 is 0.939 bits per heavy atom. The molecule has 0 saturated carbocycles. The molecule has 0 fully saturated rings. The van der Waals surface area contributed by atoms with Gasteiger partial charge in [-0.15, -0.1) is 0 Å². The maximum Gasteiger partial charge on any atom is 0.339 e. The van der Waals surface area contributed by atoms with E-state index in [4.69, 9.17) is 9.47 Å². The van der Waals surface area contributed by atoms with Gasteiger partial charge in [-0.25, -0.2) is 18.0 Å². The maximum atomic E-state index is 12.5. The molecule has 178 valence electrons. The van der Waals surface area contributed by atoms with E-state index in [2.05, 4.69) is 10.1 Å². The van der Waals surface area contributed by atoms with Gasteiger partial charge in [0.1, 0.15) is 5.75 Å². The lowest BCUT2D eigenvalue weighted by molar-refractivity contribution is -0.116. The summed E-state index contributed by atoms with van der Waals surface area (Å²) in [6.07, 6.45) is 1.25. The van der Waals surface area contributed by atoms with Crippen LogP contribution in [0.1, 0.15) is 33.6 Å². The average molecular weight is 479 g/mol. The second-order valence-corrected chi connectivity index (χ2v) is 8.84. The molecule has 0 heterocycles. The van der Waals surface area contributed by atoms with E-state index >= 15 is 0 Å². The van der Waals surface area contributed by atoms with Gasteiger partial charge in [0, 0.05) is 13.0 Å². The van der Waals surface area contributed by atoms with E-state index in [9.17, 15) is 22.8 Å². The van der Waals surface area contributed by atoms with Crippen molar-refractivity contribution in [2.75, 3.05) is 43.8 Å². The van der Waals surface area contributed by atoms with Crippen LogP contribution in [0.5, 0.6) is 5.75 Å². The first-order valence-corrected chi connectivity index (χ1v) is 11.7. The highest BCUT2D eigenvalue weighted by atomic mass is 32.2. The predicted molar refractivity (Wildman–Crippen MR) is 122 cm³/mol. The lowest BCUT2D eigenvalue weighted by Gasteiger charge is -2.22. The van der Waals surface area contributed by atoms with E-state index < -0.39 is 27.9 Å². The summed E-state index contributed by atoms with van der Waals surface area (Å²) in [6.45, 7) is 0.0602. The minimum atomic E-state index is -3.59. The second kappa shape index (κ2) is 11.3. The molecule has 0 aliphatic carbocycles. The number of nitrogens with one attached hydrogen (secondary N) is 1. The van der Waals surface area contributed by atoms with Crippen molar-refractivity contribution < 1.29 is 37.0 Å². The van der Waals surface area contributed by atoms with Crippen molar-refractivity contribution in [2.24, 2.45) is 0 Å². The van der Waals surface area contributed by atoms with Crippen LogP contribution in [0.4, 0.5) is 11.4 Å². The number of carbonyl (C=O) groups is 3. The Kier molecular flexibility index (Phi) is 8.80. The van der Waals surface area contributed by atoms with Crippen LogP contribution in [0, 0.1) is 0 Å². The van der Waals surface area contributed by atoms with Crippen molar-refractivity contribution >= 4 is 39.2 Å². The molecule has 2 aromatic rings.